The fraction of sp³-hybridized carbons (Fsp3) is 0.103. The van der Waals surface area contributed by atoms with Crippen LogP contribution >= 0.6 is 0 Å². The zero-order valence-electron chi connectivity index (χ0n) is 42.5. The number of H-pyrrole nitrogens is 2. The first-order valence-electron chi connectivity index (χ1n) is 23.1. The van der Waals surface area contributed by atoms with Crippen LogP contribution in [-0.4, -0.2) is 64.9 Å². The molecule has 0 atom stereocenters. The van der Waals surface area contributed by atoms with E-state index in [0.717, 1.165) is 69.3 Å². The van der Waals surface area contributed by atoms with Crippen LogP contribution in [0.2, 0.25) is 0 Å². The maximum atomic E-state index is 12.4. The summed E-state index contributed by atoms with van der Waals surface area (Å²) in [5, 5.41) is 38.4. The maximum Gasteiger partial charge on any atom is 0.272 e. The first kappa shape index (κ1) is 55.9. The molecule has 10 rings (SSSR count). The molecular formula is C58H52FN5O13. The number of phenols is 1. The molecule has 77 heavy (non-hydrogen) atoms. The van der Waals surface area contributed by atoms with Gasteiger partial charge in [0.25, 0.3) is 11.4 Å². The van der Waals surface area contributed by atoms with Gasteiger partial charge in [0.05, 0.1) is 43.8 Å². The van der Waals surface area contributed by atoms with E-state index < -0.39 is 15.7 Å². The van der Waals surface area contributed by atoms with Crippen molar-refractivity contribution in [3.63, 3.8) is 0 Å². The van der Waals surface area contributed by atoms with Crippen molar-refractivity contribution in [1.82, 2.24) is 15.2 Å². The van der Waals surface area contributed by atoms with Crippen molar-refractivity contribution >= 4 is 39.5 Å². The first-order valence-corrected chi connectivity index (χ1v) is 23.1. The number of fused-ring (bicyclic) bond motifs is 2. The summed E-state index contributed by atoms with van der Waals surface area (Å²) in [6.07, 6.45) is 2.66. The second-order valence-corrected chi connectivity index (χ2v) is 16.1. The molecule has 0 bridgehead atoms. The summed E-state index contributed by atoms with van der Waals surface area (Å²) in [4.78, 5) is 34.1. The van der Waals surface area contributed by atoms with Gasteiger partial charge in [0.15, 0.2) is 6.29 Å². The van der Waals surface area contributed by atoms with Crippen molar-refractivity contribution in [3.05, 3.63) is 225 Å². The quantitative estimate of drug-likeness (QED) is 0.0554. The van der Waals surface area contributed by atoms with Crippen molar-refractivity contribution in [2.75, 3.05) is 28.4 Å². The van der Waals surface area contributed by atoms with Gasteiger partial charge in [-0.25, -0.2) is 4.39 Å². The van der Waals surface area contributed by atoms with Gasteiger partial charge in [0.2, 0.25) is 0 Å². The maximum absolute atomic E-state index is 12.4. The lowest BCUT2D eigenvalue weighted by Gasteiger charge is -2.08. The molecule has 0 unspecified atom stereocenters. The number of aldehydes is 1. The fourth-order valence-electron chi connectivity index (χ4n) is 6.99. The Morgan fingerprint density at radius 2 is 0.961 bits per heavy atom. The average molecular weight is 1050 g/mol. The summed E-state index contributed by atoms with van der Waals surface area (Å²) >= 11 is 0. The Morgan fingerprint density at radius 1 is 0.519 bits per heavy atom. The van der Waals surface area contributed by atoms with Crippen LogP contribution in [0.15, 0.2) is 182 Å². The van der Waals surface area contributed by atoms with Crippen LogP contribution in [0.25, 0.3) is 21.8 Å². The number of ether oxygens (including phenoxy) is 7. The van der Waals surface area contributed by atoms with E-state index in [1.165, 1.54) is 13.0 Å². The van der Waals surface area contributed by atoms with Crippen LogP contribution in [0.4, 0.5) is 15.8 Å². The number of phenolic OH excluding ortho intramolecular Hbond substituents is 1. The van der Waals surface area contributed by atoms with E-state index in [1.54, 1.807) is 108 Å². The number of aromatic amines is 2. The summed E-state index contributed by atoms with van der Waals surface area (Å²) in [7, 11) is 6.39. The van der Waals surface area contributed by atoms with Gasteiger partial charge < -0.3 is 43.2 Å². The third-order valence-corrected chi connectivity index (χ3v) is 10.8. The number of hydrogen-bond acceptors (Lipinski definition) is 14. The van der Waals surface area contributed by atoms with Crippen LogP contribution in [0.3, 0.4) is 0 Å². The Hall–Kier alpha value is -10.4. The highest BCUT2D eigenvalue weighted by atomic mass is 19.1. The molecule has 18 nitrogen and oxygen atoms in total. The number of aromatic nitrogens is 3. The van der Waals surface area contributed by atoms with Crippen LogP contribution in [-0.2, 0) is 0 Å². The molecule has 19 heteroatoms. The number of nitro benzene ring substituents is 2. The Bertz CT molecular complexity index is 3580. The molecule has 0 fully saturated rings. The third-order valence-electron chi connectivity index (χ3n) is 10.8. The minimum atomic E-state index is -0.533. The molecule has 0 spiro atoms. The van der Waals surface area contributed by atoms with Crippen molar-refractivity contribution in [1.29, 1.82) is 0 Å². The minimum absolute atomic E-state index is 0.0496. The lowest BCUT2D eigenvalue weighted by atomic mass is 10.2. The molecule has 2 aromatic heterocycles. The minimum Gasteiger partial charge on any atom is -0.508 e. The highest BCUT2D eigenvalue weighted by molar-refractivity contribution is 5.95. The Kier molecular flexibility index (Phi) is 20.0. The molecular weight excluding hydrogens is 994 g/mol. The smallest absolute Gasteiger partial charge is 0.272 e. The number of carbonyl (C=O) groups is 1. The summed E-state index contributed by atoms with van der Waals surface area (Å²) in [6, 6.07) is 50.1. The summed E-state index contributed by atoms with van der Waals surface area (Å²) in [5.41, 5.74) is 3.21. The number of carbonyl (C=O) groups excluding carboxylic acids is 1. The lowest BCUT2D eigenvalue weighted by Crippen LogP contribution is -1.92. The van der Waals surface area contributed by atoms with E-state index in [0.29, 0.717) is 51.3 Å². The summed E-state index contributed by atoms with van der Waals surface area (Å²) < 4.78 is 49.8. The van der Waals surface area contributed by atoms with Crippen molar-refractivity contribution in [2.45, 2.75) is 13.8 Å². The van der Waals surface area contributed by atoms with E-state index in [1.807, 2.05) is 85.1 Å². The van der Waals surface area contributed by atoms with Crippen molar-refractivity contribution in [2.24, 2.45) is 0 Å². The van der Waals surface area contributed by atoms with Crippen LogP contribution in [0.1, 0.15) is 21.6 Å². The van der Waals surface area contributed by atoms with Gasteiger partial charge in [-0.05, 0) is 129 Å². The number of halogens is 1. The molecule has 0 aliphatic carbocycles. The third kappa shape index (κ3) is 16.5. The van der Waals surface area contributed by atoms with Crippen molar-refractivity contribution in [3.8, 4) is 63.2 Å². The number of nitro groups is 2. The number of benzene rings is 8. The SMILES string of the molecule is COc1cccc(O)c1.COc1cccc(Oc2ccc([N+](=O)[O-])c(C)c2)c1.COc1cccc(Oc2ccc3[nH]ccc3c2)c1.COc1cccc(Oc2ccc3n[nH]c(C=O)c3c2)c1.Cc1cc(F)ccc1[N+](=O)[O-]. The number of nitrogens with one attached hydrogen (secondary N) is 2. The normalized spacial score (nSPS) is 10.1. The number of aryl methyl sites for hydroxylation is 2. The van der Waals surface area contributed by atoms with Gasteiger partial charge in [-0.2, -0.15) is 5.10 Å². The van der Waals surface area contributed by atoms with E-state index in [9.17, 15) is 29.4 Å². The van der Waals surface area contributed by atoms with E-state index in [2.05, 4.69) is 15.2 Å². The number of nitrogens with zero attached hydrogens (tertiary/aromatic N) is 3. The molecule has 0 aliphatic rings. The second-order valence-electron chi connectivity index (χ2n) is 16.1. The van der Waals surface area contributed by atoms with E-state index in [-0.39, 0.29) is 17.1 Å². The number of aromatic hydroxyl groups is 1. The Balaban J connectivity index is 0.000000160. The number of rotatable bonds is 13. The molecule has 10 aromatic rings. The van der Waals surface area contributed by atoms with Crippen LogP contribution in [0, 0.1) is 39.9 Å². The molecule has 0 radical (unpaired) electrons. The standard InChI is InChI=1S/C15H12N2O3.C15H13NO2.C14H13NO4.C7H6FNO2.C7H8O2/c1-19-10-3-2-4-11(7-10)20-12-5-6-14-13(8-12)15(9-18)17-16-14;1-17-12-3-2-4-13(10-12)18-14-5-6-15-11(9-14)7-8-16-15;1-10-8-13(6-7-14(10)15(16)17)19-12-5-3-4-11(9-12)18-2;1-5-4-6(8)2-3-7(5)9(10)11;1-9-7-4-2-3-6(8)5-7/h2-9H,1H3,(H,16,17);2-10,16H,1H3;3-9H,1-2H3;2-4H,1H3;2-5,8H,1H3. The monoisotopic (exact) mass is 1050 g/mol. The zero-order valence-corrected chi connectivity index (χ0v) is 42.5. The van der Waals surface area contributed by atoms with Crippen molar-refractivity contribution < 1.29 is 57.3 Å². The van der Waals surface area contributed by atoms with Gasteiger partial charge in [0, 0.05) is 70.0 Å². The molecule has 394 valence electrons. The Morgan fingerprint density at radius 3 is 1.44 bits per heavy atom. The molecule has 2 heterocycles. The lowest BCUT2D eigenvalue weighted by molar-refractivity contribution is -0.385. The molecule has 0 aliphatic heterocycles. The zero-order chi connectivity index (χ0) is 55.3. The molecule has 3 N–H and O–H groups in total. The van der Waals surface area contributed by atoms with E-state index >= 15 is 0 Å². The van der Waals surface area contributed by atoms with Gasteiger partial charge in [-0.3, -0.25) is 30.1 Å². The summed E-state index contributed by atoms with van der Waals surface area (Å²) in [5.74, 6) is 6.71. The Labute approximate surface area is 441 Å². The highest BCUT2D eigenvalue weighted by Gasteiger charge is 2.12. The second kappa shape index (κ2) is 27.6. The van der Waals surface area contributed by atoms with E-state index in [4.69, 9.17) is 38.3 Å². The number of hydrogen-bond donors (Lipinski definition) is 3. The average Bonchev–Trinajstić information content (AvgIpc) is 4.08. The molecule has 0 saturated carbocycles. The molecule has 8 aromatic carbocycles. The van der Waals surface area contributed by atoms with Gasteiger partial charge in [-0.1, -0.05) is 24.3 Å². The number of methoxy groups -OCH3 is 4. The topological polar surface area (TPSA) is 233 Å². The fourth-order valence-corrected chi connectivity index (χ4v) is 6.99. The van der Waals surface area contributed by atoms with Crippen LogP contribution in [0.5, 0.6) is 63.2 Å². The highest BCUT2D eigenvalue weighted by Crippen LogP contribution is 2.31. The predicted octanol–water partition coefficient (Wildman–Crippen LogP) is 14.3. The largest absolute Gasteiger partial charge is 0.508 e. The molecule has 0 amide bonds. The van der Waals surface area contributed by atoms with Crippen LogP contribution < -0.4 is 33.2 Å². The van der Waals surface area contributed by atoms with Gasteiger partial charge >= 0.3 is 0 Å². The van der Waals surface area contributed by atoms with Gasteiger partial charge in [0.1, 0.15) is 74.8 Å². The molecule has 0 saturated heterocycles. The summed E-state index contributed by atoms with van der Waals surface area (Å²) in [6.45, 7) is 3.18. The van der Waals surface area contributed by atoms with Gasteiger partial charge in [-0.15, -0.1) is 0 Å². The first-order chi connectivity index (χ1) is 37.2. The predicted molar refractivity (Wildman–Crippen MR) is 289 cm³/mol.